The van der Waals surface area contributed by atoms with Crippen LogP contribution in [0.4, 0.5) is 5.69 Å². The lowest BCUT2D eigenvalue weighted by Crippen LogP contribution is -2.14. The van der Waals surface area contributed by atoms with E-state index in [2.05, 4.69) is 5.32 Å². The molecule has 0 aromatic heterocycles. The average molecular weight is 294 g/mol. The molecule has 5 nitrogen and oxygen atoms in total. The van der Waals surface area contributed by atoms with Crippen LogP contribution in [0.5, 0.6) is 0 Å². The van der Waals surface area contributed by atoms with Gasteiger partial charge >= 0.3 is 5.97 Å². The molecule has 1 heterocycles. The van der Waals surface area contributed by atoms with Crippen molar-refractivity contribution in [3.63, 3.8) is 0 Å². The molecule has 0 amide bonds. The number of hydrogen-bond donors (Lipinski definition) is 3. The highest BCUT2D eigenvalue weighted by atomic mass is 16.5. The zero-order valence-electron chi connectivity index (χ0n) is 11.7. The first-order valence-electron chi connectivity index (χ1n) is 6.75. The van der Waals surface area contributed by atoms with E-state index in [0.717, 1.165) is 11.3 Å². The number of hydrogen-bond acceptors (Lipinski definition) is 4. The summed E-state index contributed by atoms with van der Waals surface area (Å²) >= 11 is 0. The van der Waals surface area contributed by atoms with E-state index in [1.54, 1.807) is 18.2 Å². The summed E-state index contributed by atoms with van der Waals surface area (Å²) in [5.41, 5.74) is 2.87. The summed E-state index contributed by atoms with van der Waals surface area (Å²) in [6.07, 6.45) is 1.55. The van der Waals surface area contributed by atoms with Crippen molar-refractivity contribution in [2.45, 2.75) is 6.61 Å². The van der Waals surface area contributed by atoms with Gasteiger partial charge in [-0.25, -0.2) is 4.79 Å². The Morgan fingerprint density at radius 1 is 1.18 bits per heavy atom. The highest BCUT2D eigenvalue weighted by Gasteiger charge is 2.13. The molecular weight excluding hydrogens is 280 g/mol. The highest BCUT2D eigenvalue weighted by Crippen LogP contribution is 2.24. The minimum atomic E-state index is -1.01. The molecule has 0 unspecified atom stereocenters. The van der Waals surface area contributed by atoms with Crippen LogP contribution >= 0.6 is 0 Å². The monoisotopic (exact) mass is 294 g/mol. The van der Waals surface area contributed by atoms with Crippen molar-refractivity contribution in [3.05, 3.63) is 77.2 Å². The number of carboxylic acid groups (broad SMARTS) is 1. The van der Waals surface area contributed by atoms with Gasteiger partial charge in [-0.1, -0.05) is 30.3 Å². The van der Waals surface area contributed by atoms with Gasteiger partial charge in [0.1, 0.15) is 6.61 Å². The third kappa shape index (κ3) is 2.83. The van der Waals surface area contributed by atoms with E-state index < -0.39 is 5.97 Å². The number of rotatable bonds is 3. The minimum Gasteiger partial charge on any atom is -0.478 e. The number of para-hydroxylation sites is 1. The lowest BCUT2D eigenvalue weighted by atomic mass is 10.1. The molecule has 0 atom stereocenters. The van der Waals surface area contributed by atoms with Crippen molar-refractivity contribution >= 4 is 17.4 Å². The number of ether oxygens (including phenoxy) is 1. The van der Waals surface area contributed by atoms with E-state index in [1.807, 2.05) is 24.3 Å². The van der Waals surface area contributed by atoms with Gasteiger partial charge in [0.15, 0.2) is 5.88 Å². The Morgan fingerprint density at radius 3 is 2.77 bits per heavy atom. The second-order valence-corrected chi connectivity index (χ2v) is 4.88. The molecular formula is C17H14N2O3. The molecule has 0 bridgehead atoms. The van der Waals surface area contributed by atoms with Gasteiger partial charge in [0.25, 0.3) is 0 Å². The van der Waals surface area contributed by atoms with E-state index in [9.17, 15) is 4.79 Å². The number of benzene rings is 2. The summed E-state index contributed by atoms with van der Waals surface area (Å²) in [4.78, 5) is 11.0. The molecule has 2 aromatic rings. The van der Waals surface area contributed by atoms with Gasteiger partial charge < -0.3 is 20.6 Å². The van der Waals surface area contributed by atoms with Crippen LogP contribution < -0.4 is 5.32 Å². The first-order chi connectivity index (χ1) is 10.6. The first-order valence-corrected chi connectivity index (χ1v) is 6.75. The van der Waals surface area contributed by atoms with Gasteiger partial charge in [-0.2, -0.15) is 0 Å². The van der Waals surface area contributed by atoms with Crippen LogP contribution in [-0.2, 0) is 11.3 Å². The summed E-state index contributed by atoms with van der Waals surface area (Å²) in [7, 11) is 0. The number of carbonyl (C=O) groups is 1. The number of anilines is 1. The van der Waals surface area contributed by atoms with Crippen LogP contribution in [0.15, 0.2) is 60.5 Å². The molecule has 0 radical (unpaired) electrons. The maximum atomic E-state index is 11.0. The molecule has 1 aliphatic rings. The molecule has 1 aliphatic heterocycles. The number of nitrogens with one attached hydrogen (secondary N) is 2. The fraction of sp³-hybridized carbons (Fsp3) is 0.0588. The van der Waals surface area contributed by atoms with Gasteiger partial charge in [-0.15, -0.1) is 0 Å². The van der Waals surface area contributed by atoms with Crippen molar-refractivity contribution in [1.82, 2.24) is 0 Å². The van der Waals surface area contributed by atoms with Crippen molar-refractivity contribution < 1.29 is 14.6 Å². The second kappa shape index (κ2) is 5.73. The Balaban J connectivity index is 1.82. The predicted octanol–water partition coefficient (Wildman–Crippen LogP) is 3.24. The first kappa shape index (κ1) is 13.9. The molecule has 3 N–H and O–H groups in total. The van der Waals surface area contributed by atoms with Gasteiger partial charge in [-0.05, 0) is 18.2 Å². The summed E-state index contributed by atoms with van der Waals surface area (Å²) in [6.45, 7) is 0.442. The molecule has 0 fully saturated rings. The lowest BCUT2D eigenvalue weighted by Gasteiger charge is -2.21. The molecule has 3 rings (SSSR count). The molecule has 5 heteroatoms. The Bertz CT molecular complexity index is 781. The van der Waals surface area contributed by atoms with Gasteiger partial charge in [0.2, 0.25) is 0 Å². The third-order valence-corrected chi connectivity index (χ3v) is 3.35. The third-order valence-electron chi connectivity index (χ3n) is 3.35. The van der Waals surface area contributed by atoms with E-state index in [1.165, 1.54) is 12.1 Å². The smallest absolute Gasteiger partial charge is 0.335 e. The Hall–Kier alpha value is -3.08. The Kier molecular flexibility index (Phi) is 3.62. The topological polar surface area (TPSA) is 82.4 Å². The molecule has 22 heavy (non-hydrogen) atoms. The minimum absolute atomic E-state index is 0.156. The van der Waals surface area contributed by atoms with Crippen molar-refractivity contribution in [3.8, 4) is 0 Å². The standard InChI is InChI=1S/C17H14N2O3/c18-14(11-5-3-6-12(8-11)17(20)21)9-16-19-15-7-2-1-4-13(15)10-22-16/h1-9,18-19H,10H2,(H,20,21)/b16-9+,18-14?. The largest absolute Gasteiger partial charge is 0.478 e. The fourth-order valence-corrected chi connectivity index (χ4v) is 2.20. The van der Waals surface area contributed by atoms with E-state index >= 15 is 0 Å². The van der Waals surface area contributed by atoms with Crippen molar-refractivity contribution in [1.29, 1.82) is 5.41 Å². The lowest BCUT2D eigenvalue weighted by molar-refractivity contribution is 0.0697. The van der Waals surface area contributed by atoms with Crippen molar-refractivity contribution in [2.75, 3.05) is 5.32 Å². The molecule has 0 saturated heterocycles. The van der Waals surface area contributed by atoms with Crippen LogP contribution in [0.3, 0.4) is 0 Å². The summed E-state index contributed by atoms with van der Waals surface area (Å²) in [5.74, 6) is -0.535. The highest BCUT2D eigenvalue weighted by molar-refractivity contribution is 6.08. The molecule has 110 valence electrons. The SMILES string of the molecule is N=C(/C=C1\Nc2ccccc2CO1)c1cccc(C(=O)O)c1. The molecule has 0 saturated carbocycles. The van der Waals surface area contributed by atoms with Gasteiger partial charge in [0.05, 0.1) is 11.3 Å². The van der Waals surface area contributed by atoms with E-state index in [0.29, 0.717) is 18.1 Å². The predicted molar refractivity (Wildman–Crippen MR) is 83.2 cm³/mol. The van der Waals surface area contributed by atoms with Crippen LogP contribution in [0, 0.1) is 5.41 Å². The molecule has 0 spiro atoms. The molecule has 2 aromatic carbocycles. The van der Waals surface area contributed by atoms with E-state index in [-0.39, 0.29) is 11.3 Å². The summed E-state index contributed by atoms with van der Waals surface area (Å²) < 4.78 is 5.57. The normalized spacial score (nSPS) is 14.6. The number of fused-ring (bicyclic) bond motifs is 1. The fourth-order valence-electron chi connectivity index (χ4n) is 2.20. The maximum Gasteiger partial charge on any atom is 0.335 e. The van der Waals surface area contributed by atoms with Gasteiger partial charge in [0, 0.05) is 22.9 Å². The number of aromatic carboxylic acids is 1. The second-order valence-electron chi connectivity index (χ2n) is 4.88. The number of allylic oxidation sites excluding steroid dienone is 1. The number of carboxylic acids is 1. The molecule has 0 aliphatic carbocycles. The Morgan fingerprint density at radius 2 is 1.95 bits per heavy atom. The summed E-state index contributed by atoms with van der Waals surface area (Å²) in [6, 6.07) is 14.1. The quantitative estimate of drug-likeness (QED) is 0.759. The van der Waals surface area contributed by atoms with Crippen LogP contribution in [0.2, 0.25) is 0 Å². The Labute approximate surface area is 127 Å². The van der Waals surface area contributed by atoms with Crippen molar-refractivity contribution in [2.24, 2.45) is 0 Å². The van der Waals surface area contributed by atoms with Crippen LogP contribution in [-0.4, -0.2) is 16.8 Å². The van der Waals surface area contributed by atoms with Crippen LogP contribution in [0.1, 0.15) is 21.5 Å². The van der Waals surface area contributed by atoms with Crippen LogP contribution in [0.25, 0.3) is 0 Å². The summed E-state index contributed by atoms with van der Waals surface area (Å²) in [5, 5.41) is 20.2. The zero-order chi connectivity index (χ0) is 15.5. The maximum absolute atomic E-state index is 11.0. The van der Waals surface area contributed by atoms with Gasteiger partial charge in [-0.3, -0.25) is 0 Å². The average Bonchev–Trinajstić information content (AvgIpc) is 2.55. The van der Waals surface area contributed by atoms with E-state index in [4.69, 9.17) is 15.3 Å². The zero-order valence-corrected chi connectivity index (χ0v) is 11.7.